The Balaban J connectivity index is 2.64. The van der Waals surface area contributed by atoms with E-state index in [1.54, 1.807) is 13.8 Å². The van der Waals surface area contributed by atoms with Crippen molar-refractivity contribution in [2.45, 2.75) is 19.4 Å². The average molecular weight is 143 g/mol. The number of carbonyl (C=O) groups is 1. The topological polar surface area (TPSA) is 49.3 Å². The van der Waals surface area contributed by atoms with E-state index in [4.69, 9.17) is 0 Å². The van der Waals surface area contributed by atoms with E-state index < -0.39 is 5.60 Å². The van der Waals surface area contributed by atoms with E-state index >= 15 is 0 Å². The molecule has 1 saturated heterocycles. The fraction of sp³-hybridized carbons (Fsp3) is 0.857. The van der Waals surface area contributed by atoms with Gasteiger partial charge in [0.2, 0.25) is 0 Å². The lowest BCUT2D eigenvalue weighted by atomic mass is 9.90. The largest absolute Gasteiger partial charge is 0.390 e. The number of rotatable bonds is 1. The van der Waals surface area contributed by atoms with Crippen LogP contribution in [0.3, 0.4) is 0 Å². The Labute approximate surface area is 60.4 Å². The van der Waals surface area contributed by atoms with Gasteiger partial charge in [0.1, 0.15) is 0 Å². The standard InChI is InChI=1S/C7H13NO2/c1-7(2,10)5-3-8-4-6(5)9/h5,8,10H,3-4H2,1-2H3. The summed E-state index contributed by atoms with van der Waals surface area (Å²) in [5.41, 5.74) is -0.861. The van der Waals surface area contributed by atoms with Crippen LogP contribution in [0, 0.1) is 5.92 Å². The number of hydrogen-bond acceptors (Lipinski definition) is 3. The van der Waals surface area contributed by atoms with Gasteiger partial charge in [0.15, 0.2) is 5.78 Å². The molecule has 0 bridgehead atoms. The van der Waals surface area contributed by atoms with Crippen molar-refractivity contribution in [2.24, 2.45) is 5.92 Å². The Morgan fingerprint density at radius 1 is 1.70 bits per heavy atom. The van der Waals surface area contributed by atoms with Gasteiger partial charge in [-0.25, -0.2) is 0 Å². The highest BCUT2D eigenvalue weighted by atomic mass is 16.3. The van der Waals surface area contributed by atoms with Crippen LogP contribution in [-0.2, 0) is 4.79 Å². The Morgan fingerprint density at radius 2 is 2.30 bits per heavy atom. The average Bonchev–Trinajstić information content (AvgIpc) is 2.11. The zero-order valence-electron chi connectivity index (χ0n) is 6.35. The lowest BCUT2D eigenvalue weighted by Crippen LogP contribution is -2.36. The second-order valence-electron chi connectivity index (χ2n) is 3.30. The molecule has 0 aromatic rings. The number of hydrogen-bond donors (Lipinski definition) is 2. The van der Waals surface area contributed by atoms with Gasteiger partial charge in [0, 0.05) is 6.54 Å². The minimum absolute atomic E-state index is 0.118. The van der Waals surface area contributed by atoms with Crippen molar-refractivity contribution in [1.82, 2.24) is 5.32 Å². The van der Waals surface area contributed by atoms with Crippen LogP contribution >= 0.6 is 0 Å². The highest BCUT2D eigenvalue weighted by molar-refractivity contribution is 5.86. The summed E-state index contributed by atoms with van der Waals surface area (Å²) in [6.07, 6.45) is 0. The third kappa shape index (κ3) is 1.36. The zero-order chi connectivity index (χ0) is 7.78. The van der Waals surface area contributed by atoms with Crippen LogP contribution < -0.4 is 5.32 Å². The first-order valence-corrected chi connectivity index (χ1v) is 3.47. The van der Waals surface area contributed by atoms with Crippen molar-refractivity contribution in [3.63, 3.8) is 0 Å². The molecule has 0 aromatic carbocycles. The molecule has 2 N–H and O–H groups in total. The van der Waals surface area contributed by atoms with E-state index in [0.29, 0.717) is 13.1 Å². The minimum atomic E-state index is -0.861. The van der Waals surface area contributed by atoms with Crippen LogP contribution in [0.2, 0.25) is 0 Å². The molecule has 3 nitrogen and oxygen atoms in total. The van der Waals surface area contributed by atoms with Crippen molar-refractivity contribution in [3.05, 3.63) is 0 Å². The van der Waals surface area contributed by atoms with Crippen LogP contribution in [0.5, 0.6) is 0 Å². The molecule has 3 heteroatoms. The van der Waals surface area contributed by atoms with Gasteiger partial charge < -0.3 is 10.4 Å². The molecule has 0 amide bonds. The van der Waals surface area contributed by atoms with E-state index in [2.05, 4.69) is 5.32 Å². The Hall–Kier alpha value is -0.410. The second kappa shape index (κ2) is 2.32. The van der Waals surface area contributed by atoms with Gasteiger partial charge in [-0.15, -0.1) is 0 Å². The number of ketones is 1. The third-order valence-electron chi connectivity index (χ3n) is 1.89. The molecule has 0 radical (unpaired) electrons. The molecule has 1 fully saturated rings. The summed E-state index contributed by atoms with van der Waals surface area (Å²) in [4.78, 5) is 11.0. The summed E-state index contributed by atoms with van der Waals surface area (Å²) in [5, 5.41) is 12.3. The monoisotopic (exact) mass is 143 g/mol. The van der Waals surface area contributed by atoms with Crippen LogP contribution in [-0.4, -0.2) is 29.6 Å². The fourth-order valence-electron chi connectivity index (χ4n) is 1.22. The van der Waals surface area contributed by atoms with Gasteiger partial charge >= 0.3 is 0 Å². The maximum atomic E-state index is 11.0. The number of carbonyl (C=O) groups excluding carboxylic acids is 1. The lowest BCUT2D eigenvalue weighted by Gasteiger charge is -2.22. The van der Waals surface area contributed by atoms with Crippen LogP contribution in [0.15, 0.2) is 0 Å². The van der Waals surface area contributed by atoms with Gasteiger partial charge in [-0.3, -0.25) is 4.79 Å². The number of nitrogens with one attached hydrogen (secondary N) is 1. The lowest BCUT2D eigenvalue weighted by molar-refractivity contribution is -0.125. The molecule has 1 aliphatic rings. The predicted molar refractivity (Wildman–Crippen MR) is 37.7 cm³/mol. The Kier molecular flexibility index (Phi) is 1.79. The molecular formula is C7H13NO2. The second-order valence-corrected chi connectivity index (χ2v) is 3.30. The van der Waals surface area contributed by atoms with Crippen LogP contribution in [0.1, 0.15) is 13.8 Å². The SMILES string of the molecule is CC(C)(O)C1CNCC1=O. The maximum Gasteiger partial charge on any atom is 0.153 e. The molecule has 58 valence electrons. The third-order valence-corrected chi connectivity index (χ3v) is 1.89. The first kappa shape index (κ1) is 7.69. The van der Waals surface area contributed by atoms with Gasteiger partial charge in [0.25, 0.3) is 0 Å². The molecule has 0 aliphatic carbocycles. The first-order chi connectivity index (χ1) is 4.52. The van der Waals surface area contributed by atoms with Crippen molar-refractivity contribution in [1.29, 1.82) is 0 Å². The molecule has 1 aliphatic heterocycles. The Morgan fingerprint density at radius 3 is 2.50 bits per heavy atom. The number of Topliss-reactive ketones (excluding diaryl/α,β-unsaturated/α-hetero) is 1. The van der Waals surface area contributed by atoms with Crippen LogP contribution in [0.25, 0.3) is 0 Å². The fourth-order valence-corrected chi connectivity index (χ4v) is 1.22. The molecule has 1 atom stereocenters. The van der Waals surface area contributed by atoms with Crippen LogP contribution in [0.4, 0.5) is 0 Å². The van der Waals surface area contributed by atoms with Gasteiger partial charge in [-0.1, -0.05) is 0 Å². The molecule has 1 unspecified atom stereocenters. The van der Waals surface area contributed by atoms with E-state index in [1.807, 2.05) is 0 Å². The normalized spacial score (nSPS) is 27.5. The summed E-state index contributed by atoms with van der Waals surface area (Å²) < 4.78 is 0. The first-order valence-electron chi connectivity index (χ1n) is 3.47. The molecule has 10 heavy (non-hydrogen) atoms. The molecule has 1 heterocycles. The van der Waals surface area contributed by atoms with E-state index in [0.717, 1.165) is 0 Å². The molecule has 0 aromatic heterocycles. The highest BCUT2D eigenvalue weighted by Crippen LogP contribution is 2.19. The maximum absolute atomic E-state index is 11.0. The summed E-state index contributed by atoms with van der Waals surface area (Å²) in [6.45, 7) is 4.36. The summed E-state index contributed by atoms with van der Waals surface area (Å²) in [5.74, 6) is -0.0972. The van der Waals surface area contributed by atoms with Gasteiger partial charge in [-0.05, 0) is 13.8 Å². The predicted octanol–water partition coefficient (Wildman–Crippen LogP) is -0.454. The smallest absolute Gasteiger partial charge is 0.153 e. The van der Waals surface area contributed by atoms with Crippen molar-refractivity contribution in [2.75, 3.05) is 13.1 Å². The molecular weight excluding hydrogens is 130 g/mol. The van der Waals surface area contributed by atoms with Gasteiger partial charge in [0.05, 0.1) is 18.1 Å². The van der Waals surface area contributed by atoms with Gasteiger partial charge in [-0.2, -0.15) is 0 Å². The molecule has 1 rings (SSSR count). The summed E-state index contributed by atoms with van der Waals surface area (Å²) in [6, 6.07) is 0. The highest BCUT2D eigenvalue weighted by Gasteiger charge is 2.35. The molecule has 0 spiro atoms. The summed E-state index contributed by atoms with van der Waals surface area (Å²) >= 11 is 0. The summed E-state index contributed by atoms with van der Waals surface area (Å²) in [7, 11) is 0. The van der Waals surface area contributed by atoms with E-state index in [1.165, 1.54) is 0 Å². The minimum Gasteiger partial charge on any atom is -0.390 e. The van der Waals surface area contributed by atoms with E-state index in [9.17, 15) is 9.90 Å². The molecule has 0 saturated carbocycles. The quantitative estimate of drug-likeness (QED) is 0.522. The Bertz CT molecular complexity index is 148. The van der Waals surface area contributed by atoms with Crippen molar-refractivity contribution >= 4 is 5.78 Å². The van der Waals surface area contributed by atoms with Crippen molar-refractivity contribution < 1.29 is 9.90 Å². The van der Waals surface area contributed by atoms with E-state index in [-0.39, 0.29) is 11.7 Å². The van der Waals surface area contributed by atoms with Crippen molar-refractivity contribution in [3.8, 4) is 0 Å². The zero-order valence-corrected chi connectivity index (χ0v) is 6.35. The number of aliphatic hydroxyl groups is 1.